The third-order valence-electron chi connectivity index (χ3n) is 3.50. The first kappa shape index (κ1) is 13.8. The molecule has 0 atom stereocenters. The van der Waals surface area contributed by atoms with Crippen LogP contribution in [-0.4, -0.2) is 20.9 Å². The number of carboxylic acid groups (broad SMARTS) is 1. The minimum atomic E-state index is -0.869. The number of thiophene rings is 1. The molecule has 2 aromatic heterocycles. The number of aromatic carboxylic acids is 1. The summed E-state index contributed by atoms with van der Waals surface area (Å²) >= 11 is 1.30. The zero-order valence-corrected chi connectivity index (χ0v) is 12.6. The van der Waals surface area contributed by atoms with Crippen LogP contribution in [0.2, 0.25) is 0 Å². The highest BCUT2D eigenvalue weighted by molar-refractivity contribution is 7.20. The van der Waals surface area contributed by atoms with Crippen LogP contribution in [-0.2, 0) is 13.0 Å². The molecule has 0 aliphatic rings. The van der Waals surface area contributed by atoms with Crippen LogP contribution < -0.4 is 0 Å². The highest BCUT2D eigenvalue weighted by atomic mass is 32.1. The molecule has 4 nitrogen and oxygen atoms in total. The average molecular weight is 300 g/mol. The van der Waals surface area contributed by atoms with Crippen LogP contribution in [0.25, 0.3) is 10.2 Å². The fourth-order valence-electron chi connectivity index (χ4n) is 2.45. The number of hydrogen-bond acceptors (Lipinski definition) is 3. The van der Waals surface area contributed by atoms with Crippen molar-refractivity contribution in [2.24, 2.45) is 0 Å². The zero-order chi connectivity index (χ0) is 14.8. The number of benzene rings is 1. The summed E-state index contributed by atoms with van der Waals surface area (Å²) in [7, 11) is 0. The predicted molar refractivity (Wildman–Crippen MR) is 84.1 cm³/mol. The summed E-state index contributed by atoms with van der Waals surface area (Å²) in [5, 5.41) is 14.6. The van der Waals surface area contributed by atoms with Crippen molar-refractivity contribution in [2.75, 3.05) is 0 Å². The van der Waals surface area contributed by atoms with Crippen molar-refractivity contribution < 1.29 is 9.90 Å². The number of nitrogens with zero attached hydrogens (tertiary/aromatic N) is 2. The van der Waals surface area contributed by atoms with Crippen LogP contribution in [0.5, 0.6) is 0 Å². The van der Waals surface area contributed by atoms with Crippen molar-refractivity contribution in [3.05, 3.63) is 52.5 Å². The SMILES string of the molecule is Cc1nn(CCCc2ccccc2)c2sc(C(=O)O)cc12. The predicted octanol–water partition coefficient (Wildman–Crippen LogP) is 3.74. The molecule has 0 radical (unpaired) electrons. The standard InChI is InChI=1S/C16H16N2O2S/c1-11-13-10-14(16(19)20)21-15(13)18(17-11)9-5-8-12-6-3-2-4-7-12/h2-4,6-7,10H,5,8-9H2,1H3,(H,19,20). The van der Waals surface area contributed by atoms with Gasteiger partial charge in [0.1, 0.15) is 9.71 Å². The summed E-state index contributed by atoms with van der Waals surface area (Å²) < 4.78 is 1.94. The summed E-state index contributed by atoms with van der Waals surface area (Å²) in [5.41, 5.74) is 2.21. The van der Waals surface area contributed by atoms with Gasteiger partial charge in [-0.05, 0) is 31.4 Å². The molecule has 1 N–H and O–H groups in total. The molecule has 0 unspecified atom stereocenters. The molecule has 21 heavy (non-hydrogen) atoms. The first-order valence-electron chi connectivity index (χ1n) is 6.89. The van der Waals surface area contributed by atoms with Crippen molar-refractivity contribution in [3.63, 3.8) is 0 Å². The van der Waals surface area contributed by atoms with Crippen molar-refractivity contribution in [1.82, 2.24) is 9.78 Å². The van der Waals surface area contributed by atoms with Gasteiger partial charge in [0.05, 0.1) is 5.69 Å². The lowest BCUT2D eigenvalue weighted by Gasteiger charge is -2.03. The second-order valence-corrected chi connectivity index (χ2v) is 6.06. The zero-order valence-electron chi connectivity index (χ0n) is 11.7. The Hall–Kier alpha value is -2.14. The lowest BCUT2D eigenvalue weighted by atomic mass is 10.1. The number of carbonyl (C=O) groups is 1. The Morgan fingerprint density at radius 2 is 2.10 bits per heavy atom. The fraction of sp³-hybridized carbons (Fsp3) is 0.250. The van der Waals surface area contributed by atoms with Gasteiger partial charge in [-0.2, -0.15) is 5.10 Å². The van der Waals surface area contributed by atoms with E-state index in [1.54, 1.807) is 6.07 Å². The molecule has 0 spiro atoms. The van der Waals surface area contributed by atoms with Crippen molar-refractivity contribution in [3.8, 4) is 0 Å². The number of hydrogen-bond donors (Lipinski definition) is 1. The van der Waals surface area contributed by atoms with Crippen molar-refractivity contribution in [1.29, 1.82) is 0 Å². The largest absolute Gasteiger partial charge is 0.477 e. The molecule has 1 aromatic carbocycles. The van der Waals surface area contributed by atoms with Crippen LogP contribution in [0.1, 0.15) is 27.3 Å². The Morgan fingerprint density at radius 1 is 1.33 bits per heavy atom. The van der Waals surface area contributed by atoms with E-state index in [4.69, 9.17) is 5.11 Å². The first-order chi connectivity index (χ1) is 10.1. The molecule has 0 aliphatic heterocycles. The summed E-state index contributed by atoms with van der Waals surface area (Å²) in [6, 6.07) is 12.1. The van der Waals surface area contributed by atoms with Gasteiger partial charge in [0.2, 0.25) is 0 Å². The van der Waals surface area contributed by atoms with Gasteiger partial charge in [-0.15, -0.1) is 11.3 Å². The van der Waals surface area contributed by atoms with Gasteiger partial charge < -0.3 is 5.11 Å². The first-order valence-corrected chi connectivity index (χ1v) is 7.71. The van der Waals surface area contributed by atoms with E-state index in [1.165, 1.54) is 16.9 Å². The second-order valence-electron chi connectivity index (χ2n) is 5.03. The molecule has 0 amide bonds. The van der Waals surface area contributed by atoms with Gasteiger partial charge in [-0.3, -0.25) is 4.68 Å². The van der Waals surface area contributed by atoms with Crippen molar-refractivity contribution >= 4 is 27.5 Å². The Labute approximate surface area is 126 Å². The third kappa shape index (κ3) is 2.83. The maximum absolute atomic E-state index is 11.1. The summed E-state index contributed by atoms with van der Waals surface area (Å²) in [5.74, 6) is -0.869. The molecule has 5 heteroatoms. The van der Waals surface area contributed by atoms with Gasteiger partial charge in [-0.1, -0.05) is 30.3 Å². The minimum absolute atomic E-state index is 0.377. The maximum Gasteiger partial charge on any atom is 0.345 e. The van der Waals surface area contributed by atoms with Crippen LogP contribution in [0, 0.1) is 6.92 Å². The second kappa shape index (κ2) is 5.69. The number of fused-ring (bicyclic) bond motifs is 1. The van der Waals surface area contributed by atoms with E-state index in [1.807, 2.05) is 29.8 Å². The molecule has 0 fully saturated rings. The lowest BCUT2D eigenvalue weighted by molar-refractivity contribution is 0.0702. The van der Waals surface area contributed by atoms with E-state index in [0.29, 0.717) is 4.88 Å². The van der Waals surface area contributed by atoms with Gasteiger partial charge in [0, 0.05) is 11.9 Å². The maximum atomic E-state index is 11.1. The quantitative estimate of drug-likeness (QED) is 0.781. The molecule has 0 aliphatic carbocycles. The monoisotopic (exact) mass is 300 g/mol. The minimum Gasteiger partial charge on any atom is -0.477 e. The number of rotatable bonds is 5. The Kier molecular flexibility index (Phi) is 3.75. The Morgan fingerprint density at radius 3 is 2.81 bits per heavy atom. The fourth-order valence-corrected chi connectivity index (χ4v) is 3.47. The molecule has 3 aromatic rings. The Bertz CT molecular complexity index is 774. The van der Waals surface area contributed by atoms with Gasteiger partial charge >= 0.3 is 5.97 Å². The lowest BCUT2D eigenvalue weighted by Crippen LogP contribution is -2.01. The van der Waals surface area contributed by atoms with E-state index in [2.05, 4.69) is 17.2 Å². The van der Waals surface area contributed by atoms with E-state index in [-0.39, 0.29) is 0 Å². The highest BCUT2D eigenvalue weighted by Crippen LogP contribution is 2.28. The van der Waals surface area contributed by atoms with Crippen LogP contribution in [0.4, 0.5) is 0 Å². The average Bonchev–Trinajstić information content (AvgIpc) is 3.02. The van der Waals surface area contributed by atoms with Gasteiger partial charge in [0.25, 0.3) is 0 Å². The van der Waals surface area contributed by atoms with E-state index in [0.717, 1.165) is 35.3 Å². The Balaban J connectivity index is 1.76. The summed E-state index contributed by atoms with van der Waals surface area (Å²) in [6.07, 6.45) is 1.99. The number of carboxylic acids is 1. The molecule has 3 rings (SSSR count). The van der Waals surface area contributed by atoms with E-state index in [9.17, 15) is 4.79 Å². The third-order valence-corrected chi connectivity index (χ3v) is 4.63. The molecule has 0 saturated carbocycles. The van der Waals surface area contributed by atoms with E-state index < -0.39 is 5.97 Å². The molecular formula is C16H16N2O2S. The van der Waals surface area contributed by atoms with Crippen molar-refractivity contribution in [2.45, 2.75) is 26.3 Å². The van der Waals surface area contributed by atoms with E-state index >= 15 is 0 Å². The van der Waals surface area contributed by atoms with Gasteiger partial charge in [-0.25, -0.2) is 4.79 Å². The van der Waals surface area contributed by atoms with Crippen LogP contribution >= 0.6 is 11.3 Å². The number of aromatic nitrogens is 2. The smallest absolute Gasteiger partial charge is 0.345 e. The molecule has 0 bridgehead atoms. The summed E-state index contributed by atoms with van der Waals surface area (Å²) in [6.45, 7) is 2.73. The summed E-state index contributed by atoms with van der Waals surface area (Å²) in [4.78, 5) is 12.4. The molecule has 0 saturated heterocycles. The molecular weight excluding hydrogens is 284 g/mol. The number of aryl methyl sites for hydroxylation is 3. The van der Waals surface area contributed by atoms with Gasteiger partial charge in [0.15, 0.2) is 0 Å². The van der Waals surface area contributed by atoms with Crippen LogP contribution in [0.3, 0.4) is 0 Å². The van der Waals surface area contributed by atoms with Crippen LogP contribution in [0.15, 0.2) is 36.4 Å². The molecule has 108 valence electrons. The topological polar surface area (TPSA) is 55.1 Å². The molecule has 2 heterocycles. The highest BCUT2D eigenvalue weighted by Gasteiger charge is 2.15. The normalized spacial score (nSPS) is 11.1.